The summed E-state index contributed by atoms with van der Waals surface area (Å²) in [6, 6.07) is 0. The molecule has 10 heteroatoms. The Morgan fingerprint density at radius 2 is 0.663 bits per heavy atom. The molecule has 9 nitrogen and oxygen atoms in total. The van der Waals surface area contributed by atoms with E-state index in [0.717, 1.165) is 77.0 Å². The van der Waals surface area contributed by atoms with Crippen LogP contribution in [0.5, 0.6) is 0 Å². The number of rotatable bonds is 67. The van der Waals surface area contributed by atoms with E-state index >= 15 is 0 Å². The third-order valence-corrected chi connectivity index (χ3v) is 16.9. The molecule has 0 rings (SSSR count). The van der Waals surface area contributed by atoms with Crippen molar-refractivity contribution in [2.24, 2.45) is 0 Å². The predicted molar refractivity (Wildman–Crippen MR) is 369 cm³/mol. The van der Waals surface area contributed by atoms with Gasteiger partial charge in [0.05, 0.1) is 27.7 Å². The number of hydrogen-bond acceptors (Lipinski definition) is 8. The van der Waals surface area contributed by atoms with Crippen LogP contribution in [-0.4, -0.2) is 70.0 Å². The zero-order chi connectivity index (χ0) is 62.6. The second kappa shape index (κ2) is 66.6. The number of phosphoric ester groups is 1. The Morgan fingerprint density at radius 1 is 0.372 bits per heavy atom. The maximum absolute atomic E-state index is 12.9. The molecule has 0 saturated carbocycles. The van der Waals surface area contributed by atoms with E-state index in [4.69, 9.17) is 18.5 Å². The maximum Gasteiger partial charge on any atom is 0.306 e. The van der Waals surface area contributed by atoms with Gasteiger partial charge in [-0.1, -0.05) is 317 Å². The van der Waals surface area contributed by atoms with E-state index in [0.29, 0.717) is 17.4 Å². The molecule has 0 saturated heterocycles. The lowest BCUT2D eigenvalue weighted by Crippen LogP contribution is -2.37. The molecule has 0 aromatic heterocycles. The first-order valence-corrected chi connectivity index (χ1v) is 37.8. The Bertz CT molecular complexity index is 1730. The number of carbonyl (C=O) groups is 2. The highest BCUT2D eigenvalue weighted by Gasteiger charge is 2.22. The third kappa shape index (κ3) is 70.3. The Morgan fingerprint density at radius 3 is 1.00 bits per heavy atom. The zero-order valence-electron chi connectivity index (χ0n) is 57.0. The molecular formula is C76H138NO8P. The number of esters is 2. The Kier molecular flexibility index (Phi) is 64.4. The van der Waals surface area contributed by atoms with Crippen molar-refractivity contribution in [1.82, 2.24) is 0 Å². The van der Waals surface area contributed by atoms with Crippen molar-refractivity contribution in [3.8, 4) is 0 Å². The molecule has 0 fully saturated rings. The van der Waals surface area contributed by atoms with E-state index < -0.39 is 26.5 Å². The molecule has 0 aliphatic rings. The van der Waals surface area contributed by atoms with Crippen molar-refractivity contribution < 1.29 is 42.1 Å². The van der Waals surface area contributed by atoms with Crippen LogP contribution < -0.4 is 4.89 Å². The smallest absolute Gasteiger partial charge is 0.306 e. The van der Waals surface area contributed by atoms with E-state index in [-0.39, 0.29) is 32.0 Å². The van der Waals surface area contributed by atoms with E-state index in [1.165, 1.54) is 225 Å². The van der Waals surface area contributed by atoms with Crippen LogP contribution in [0.15, 0.2) is 85.1 Å². The van der Waals surface area contributed by atoms with Crippen LogP contribution in [0.25, 0.3) is 0 Å². The van der Waals surface area contributed by atoms with Gasteiger partial charge in [0.2, 0.25) is 0 Å². The minimum Gasteiger partial charge on any atom is -0.756 e. The largest absolute Gasteiger partial charge is 0.756 e. The Balaban J connectivity index is 3.94. The fourth-order valence-electron chi connectivity index (χ4n) is 10.4. The summed E-state index contributed by atoms with van der Waals surface area (Å²) < 4.78 is 34.3. The number of quaternary nitrogens is 1. The molecule has 0 aliphatic heterocycles. The van der Waals surface area contributed by atoms with Crippen molar-refractivity contribution in [3.05, 3.63) is 85.1 Å². The highest BCUT2D eigenvalue weighted by molar-refractivity contribution is 7.45. The van der Waals surface area contributed by atoms with Gasteiger partial charge in [0.1, 0.15) is 19.8 Å². The van der Waals surface area contributed by atoms with Crippen molar-refractivity contribution >= 4 is 19.8 Å². The van der Waals surface area contributed by atoms with Gasteiger partial charge in [-0.05, 0) is 89.9 Å². The highest BCUT2D eigenvalue weighted by Crippen LogP contribution is 2.38. The van der Waals surface area contributed by atoms with Crippen LogP contribution in [0.3, 0.4) is 0 Å². The molecule has 0 bridgehead atoms. The van der Waals surface area contributed by atoms with Crippen molar-refractivity contribution in [1.29, 1.82) is 0 Å². The van der Waals surface area contributed by atoms with Crippen LogP contribution in [0.1, 0.15) is 335 Å². The monoisotopic (exact) mass is 1220 g/mol. The summed E-state index contributed by atoms with van der Waals surface area (Å²) in [6.07, 6.45) is 91.1. The van der Waals surface area contributed by atoms with Gasteiger partial charge >= 0.3 is 11.9 Å². The summed E-state index contributed by atoms with van der Waals surface area (Å²) in [7, 11) is 1.18. The molecule has 0 amide bonds. The molecule has 0 aromatic carbocycles. The topological polar surface area (TPSA) is 111 Å². The van der Waals surface area contributed by atoms with E-state index in [1.807, 2.05) is 21.1 Å². The van der Waals surface area contributed by atoms with Gasteiger partial charge in [-0.15, -0.1) is 0 Å². The summed E-state index contributed by atoms with van der Waals surface area (Å²) in [6.45, 7) is 4.17. The average molecular weight is 1220 g/mol. The van der Waals surface area contributed by atoms with Crippen LogP contribution in [0.2, 0.25) is 0 Å². The molecule has 0 aromatic rings. The molecule has 2 atom stereocenters. The van der Waals surface area contributed by atoms with E-state index in [1.54, 1.807) is 0 Å². The normalized spacial score (nSPS) is 13.6. The third-order valence-electron chi connectivity index (χ3n) is 15.9. The van der Waals surface area contributed by atoms with Gasteiger partial charge < -0.3 is 27.9 Å². The molecular weight excluding hydrogens is 1090 g/mol. The van der Waals surface area contributed by atoms with Crippen LogP contribution in [0, 0.1) is 0 Å². The SMILES string of the molecule is CC/C=C\C/C=C\C/C=C\C/C=C\C/C=C\C/C=C\CCCCCCCCCCCCCCCCCCCCCCCCC(=O)OC(COC(=O)CCCCCCCCCCC/C=C\CCCCCCCCCC)COP(=O)([O-])OCC[N+](C)(C)C. The van der Waals surface area contributed by atoms with E-state index in [9.17, 15) is 19.0 Å². The maximum atomic E-state index is 12.9. The molecule has 0 spiro atoms. The lowest BCUT2D eigenvalue weighted by Gasteiger charge is -2.28. The Labute approximate surface area is 532 Å². The lowest BCUT2D eigenvalue weighted by atomic mass is 10.0. The minimum atomic E-state index is -4.64. The molecule has 0 radical (unpaired) electrons. The van der Waals surface area contributed by atoms with Gasteiger partial charge in [0.25, 0.3) is 7.82 Å². The predicted octanol–water partition coefficient (Wildman–Crippen LogP) is 23.1. The standard InChI is InChI=1S/C76H138NO8P/c1-6-8-10-12-14-16-18-20-22-24-26-28-29-30-31-32-33-34-35-36-37-38-39-40-41-42-43-44-45-46-47-49-51-53-55-57-59-61-63-65-67-69-76(79)85-74(73-84-86(80,81)83-71-70-77(3,4)5)72-82-75(78)68-66-64-62-60-58-56-54-52-50-48-27-25-23-21-19-17-15-13-11-9-7-2/h8,10,14,16,20,22,25-28,30-31,33-34,74H,6-7,9,11-13,15,17-19,21,23-24,29,32,35-73H2,1-5H3/b10-8-,16-14-,22-20-,27-25-,28-26-,31-30-,34-33-. The second-order valence-electron chi connectivity index (χ2n) is 25.6. The zero-order valence-corrected chi connectivity index (χ0v) is 57.9. The van der Waals surface area contributed by atoms with Crippen LogP contribution >= 0.6 is 7.82 Å². The summed E-state index contributed by atoms with van der Waals surface area (Å²) >= 11 is 0. The number of phosphoric acid groups is 1. The van der Waals surface area contributed by atoms with Crippen LogP contribution in [-0.2, 0) is 32.7 Å². The fraction of sp³-hybridized carbons (Fsp3) is 0.789. The fourth-order valence-corrected chi connectivity index (χ4v) is 11.1. The Hall–Kier alpha value is -2.81. The van der Waals surface area contributed by atoms with Crippen LogP contribution in [0.4, 0.5) is 0 Å². The quantitative estimate of drug-likeness (QED) is 0.0195. The molecule has 2 unspecified atom stereocenters. The summed E-state index contributed by atoms with van der Waals surface area (Å²) in [5.41, 5.74) is 0. The number of hydrogen-bond donors (Lipinski definition) is 0. The van der Waals surface area contributed by atoms with Gasteiger partial charge in [0.15, 0.2) is 6.10 Å². The first kappa shape index (κ1) is 83.2. The highest BCUT2D eigenvalue weighted by atomic mass is 31.2. The molecule has 0 aliphatic carbocycles. The number of nitrogens with zero attached hydrogens (tertiary/aromatic N) is 1. The molecule has 86 heavy (non-hydrogen) atoms. The average Bonchev–Trinajstić information content (AvgIpc) is 3.70. The molecule has 0 heterocycles. The van der Waals surface area contributed by atoms with Crippen molar-refractivity contribution in [3.63, 3.8) is 0 Å². The summed E-state index contributed by atoms with van der Waals surface area (Å²) in [5, 5.41) is 0. The number of likely N-dealkylation sites (N-methyl/N-ethyl adjacent to an activating group) is 1. The lowest BCUT2D eigenvalue weighted by molar-refractivity contribution is -0.870. The number of carbonyl (C=O) groups excluding carboxylic acids is 2. The van der Waals surface area contributed by atoms with E-state index in [2.05, 4.69) is 98.9 Å². The number of ether oxygens (including phenoxy) is 2. The minimum absolute atomic E-state index is 0.0307. The van der Waals surface area contributed by atoms with Gasteiger partial charge in [-0.3, -0.25) is 14.2 Å². The molecule has 0 N–H and O–H groups in total. The number of unbranched alkanes of at least 4 members (excludes halogenated alkanes) is 39. The second-order valence-corrected chi connectivity index (χ2v) is 27.0. The van der Waals surface area contributed by atoms with Gasteiger partial charge in [-0.2, -0.15) is 0 Å². The summed E-state index contributed by atoms with van der Waals surface area (Å²) in [5.74, 6) is -0.821. The first-order chi connectivity index (χ1) is 42.0. The first-order valence-electron chi connectivity index (χ1n) is 36.3. The van der Waals surface area contributed by atoms with Crippen molar-refractivity contribution in [2.45, 2.75) is 341 Å². The summed E-state index contributed by atoms with van der Waals surface area (Å²) in [4.78, 5) is 38.0. The number of allylic oxidation sites excluding steroid dienone is 14. The van der Waals surface area contributed by atoms with Gasteiger partial charge in [0, 0.05) is 12.8 Å². The van der Waals surface area contributed by atoms with Gasteiger partial charge in [-0.25, -0.2) is 0 Å². The van der Waals surface area contributed by atoms with Crippen molar-refractivity contribution in [2.75, 3.05) is 47.5 Å². The molecule has 500 valence electrons.